The molecule has 0 aromatic heterocycles. The summed E-state index contributed by atoms with van der Waals surface area (Å²) in [5.74, 6) is -1.13. The van der Waals surface area contributed by atoms with Crippen LogP contribution in [0.25, 0.3) is 0 Å². The first-order valence-electron chi connectivity index (χ1n) is 9.16. The predicted molar refractivity (Wildman–Crippen MR) is 105 cm³/mol. The third kappa shape index (κ3) is 4.51. The molecule has 1 fully saturated rings. The van der Waals surface area contributed by atoms with Gasteiger partial charge in [-0.2, -0.15) is 0 Å². The molecule has 28 heavy (non-hydrogen) atoms. The Morgan fingerprint density at radius 1 is 1.14 bits per heavy atom. The SMILES string of the molecule is COC(=O)c1ccc(C(=O)NCC(c2c(F)cccc2Cl)N2CCCC2)cc1. The fourth-order valence-electron chi connectivity index (χ4n) is 3.46. The number of halogens is 2. The van der Waals surface area contributed by atoms with E-state index in [-0.39, 0.29) is 24.3 Å². The molecule has 0 spiro atoms. The van der Waals surface area contributed by atoms with E-state index in [1.54, 1.807) is 24.3 Å². The van der Waals surface area contributed by atoms with Gasteiger partial charge in [0.1, 0.15) is 5.82 Å². The van der Waals surface area contributed by atoms with Gasteiger partial charge in [-0.25, -0.2) is 9.18 Å². The number of esters is 1. The quantitative estimate of drug-likeness (QED) is 0.743. The van der Waals surface area contributed by atoms with Crippen LogP contribution in [0.15, 0.2) is 42.5 Å². The minimum Gasteiger partial charge on any atom is -0.465 e. The monoisotopic (exact) mass is 404 g/mol. The summed E-state index contributed by atoms with van der Waals surface area (Å²) < 4.78 is 19.1. The molecule has 1 unspecified atom stereocenters. The Morgan fingerprint density at radius 2 is 1.79 bits per heavy atom. The fourth-order valence-corrected chi connectivity index (χ4v) is 3.75. The van der Waals surface area contributed by atoms with Crippen LogP contribution in [0, 0.1) is 5.82 Å². The standard InChI is InChI=1S/C21H22ClFN2O3/c1-28-21(27)15-9-7-14(8-10-15)20(26)24-13-18(25-11-2-3-12-25)19-16(22)5-4-6-17(19)23/h4-10,18H,2-3,11-13H2,1H3,(H,24,26). The molecule has 1 aliphatic rings. The van der Waals surface area contributed by atoms with Crippen LogP contribution in [-0.2, 0) is 4.74 Å². The zero-order chi connectivity index (χ0) is 20.1. The van der Waals surface area contributed by atoms with Gasteiger partial charge in [-0.05, 0) is 62.3 Å². The summed E-state index contributed by atoms with van der Waals surface area (Å²) in [4.78, 5) is 26.2. The summed E-state index contributed by atoms with van der Waals surface area (Å²) >= 11 is 6.27. The molecule has 1 saturated heterocycles. The van der Waals surface area contributed by atoms with Crippen LogP contribution >= 0.6 is 11.6 Å². The number of amides is 1. The summed E-state index contributed by atoms with van der Waals surface area (Å²) in [7, 11) is 1.30. The summed E-state index contributed by atoms with van der Waals surface area (Å²) in [6.07, 6.45) is 2.07. The van der Waals surface area contributed by atoms with Crippen molar-refractivity contribution in [1.29, 1.82) is 0 Å². The number of ether oxygens (including phenoxy) is 1. The van der Waals surface area contributed by atoms with Gasteiger partial charge in [0, 0.05) is 22.7 Å². The molecule has 5 nitrogen and oxygen atoms in total. The van der Waals surface area contributed by atoms with E-state index in [0.717, 1.165) is 25.9 Å². The molecule has 0 saturated carbocycles. The number of hydrogen-bond donors (Lipinski definition) is 1. The topological polar surface area (TPSA) is 58.6 Å². The minimum atomic E-state index is -0.463. The number of nitrogens with zero attached hydrogens (tertiary/aromatic N) is 1. The number of carbonyl (C=O) groups is 2. The average molecular weight is 405 g/mol. The highest BCUT2D eigenvalue weighted by Gasteiger charge is 2.28. The minimum absolute atomic E-state index is 0.234. The van der Waals surface area contributed by atoms with Crippen molar-refractivity contribution in [3.63, 3.8) is 0 Å². The Balaban J connectivity index is 1.75. The molecule has 2 aromatic carbocycles. The fraction of sp³-hybridized carbons (Fsp3) is 0.333. The first-order chi connectivity index (χ1) is 13.5. The zero-order valence-corrected chi connectivity index (χ0v) is 16.3. The molecular formula is C21H22ClFN2O3. The second-order valence-electron chi connectivity index (χ2n) is 6.67. The normalized spacial score (nSPS) is 15.2. The molecule has 1 heterocycles. The van der Waals surface area contributed by atoms with E-state index in [9.17, 15) is 14.0 Å². The number of likely N-dealkylation sites (tertiary alicyclic amines) is 1. The molecule has 7 heteroatoms. The van der Waals surface area contributed by atoms with Crippen molar-refractivity contribution in [2.75, 3.05) is 26.7 Å². The van der Waals surface area contributed by atoms with Crippen LogP contribution in [0.3, 0.4) is 0 Å². The van der Waals surface area contributed by atoms with Crippen LogP contribution in [0.4, 0.5) is 4.39 Å². The Labute approximate surface area is 168 Å². The largest absolute Gasteiger partial charge is 0.465 e. The Hall–Kier alpha value is -2.44. The van der Waals surface area contributed by atoms with Gasteiger partial charge in [-0.1, -0.05) is 17.7 Å². The van der Waals surface area contributed by atoms with E-state index in [0.29, 0.717) is 21.7 Å². The summed E-state index contributed by atoms with van der Waals surface area (Å²) in [6.45, 7) is 1.90. The first-order valence-corrected chi connectivity index (χ1v) is 9.53. The second kappa shape index (κ2) is 9.17. The summed E-state index contributed by atoms with van der Waals surface area (Å²) in [5, 5.41) is 3.22. The Bertz CT molecular complexity index is 831. The van der Waals surface area contributed by atoms with Crippen LogP contribution in [0.1, 0.15) is 45.2 Å². The molecule has 3 rings (SSSR count). The van der Waals surface area contributed by atoms with Crippen molar-refractivity contribution >= 4 is 23.5 Å². The lowest BCUT2D eigenvalue weighted by Crippen LogP contribution is -2.37. The highest BCUT2D eigenvalue weighted by Crippen LogP contribution is 2.32. The smallest absolute Gasteiger partial charge is 0.337 e. The lowest BCUT2D eigenvalue weighted by Gasteiger charge is -2.29. The average Bonchev–Trinajstić information content (AvgIpc) is 3.24. The first kappa shape index (κ1) is 20.3. The summed E-state index contributed by atoms with van der Waals surface area (Å²) in [5.41, 5.74) is 1.19. The lowest BCUT2D eigenvalue weighted by molar-refractivity contribution is 0.0600. The van der Waals surface area contributed by atoms with Gasteiger partial charge >= 0.3 is 5.97 Å². The van der Waals surface area contributed by atoms with Gasteiger partial charge in [0.15, 0.2) is 0 Å². The van der Waals surface area contributed by atoms with Crippen molar-refractivity contribution in [3.05, 3.63) is 70.0 Å². The molecule has 1 N–H and O–H groups in total. The maximum absolute atomic E-state index is 14.5. The van der Waals surface area contributed by atoms with Gasteiger partial charge in [0.25, 0.3) is 5.91 Å². The molecule has 1 aliphatic heterocycles. The van der Waals surface area contributed by atoms with Crippen LogP contribution in [-0.4, -0.2) is 43.5 Å². The highest BCUT2D eigenvalue weighted by molar-refractivity contribution is 6.31. The molecule has 1 atom stereocenters. The third-order valence-corrected chi connectivity index (χ3v) is 5.27. The molecule has 2 aromatic rings. The zero-order valence-electron chi connectivity index (χ0n) is 15.6. The van der Waals surface area contributed by atoms with E-state index >= 15 is 0 Å². The molecule has 0 bridgehead atoms. The van der Waals surface area contributed by atoms with Crippen molar-refractivity contribution in [2.45, 2.75) is 18.9 Å². The van der Waals surface area contributed by atoms with Crippen LogP contribution < -0.4 is 5.32 Å². The molecule has 148 valence electrons. The number of carbonyl (C=O) groups excluding carboxylic acids is 2. The van der Waals surface area contributed by atoms with E-state index in [2.05, 4.69) is 15.0 Å². The number of rotatable bonds is 6. The van der Waals surface area contributed by atoms with E-state index in [1.807, 2.05) is 0 Å². The van der Waals surface area contributed by atoms with E-state index in [1.165, 1.54) is 25.3 Å². The highest BCUT2D eigenvalue weighted by atomic mass is 35.5. The molecular weight excluding hydrogens is 383 g/mol. The van der Waals surface area contributed by atoms with E-state index < -0.39 is 5.97 Å². The van der Waals surface area contributed by atoms with Crippen molar-refractivity contribution < 1.29 is 18.7 Å². The number of methoxy groups -OCH3 is 1. The predicted octanol–water partition coefficient (Wildman–Crippen LogP) is 3.83. The van der Waals surface area contributed by atoms with Crippen molar-refractivity contribution in [3.8, 4) is 0 Å². The number of hydrogen-bond acceptors (Lipinski definition) is 4. The van der Waals surface area contributed by atoms with Crippen molar-refractivity contribution in [1.82, 2.24) is 10.2 Å². The third-order valence-electron chi connectivity index (χ3n) is 4.94. The Kier molecular flexibility index (Phi) is 6.65. The molecule has 1 amide bonds. The van der Waals surface area contributed by atoms with E-state index in [4.69, 9.17) is 11.6 Å². The van der Waals surface area contributed by atoms with Gasteiger partial charge < -0.3 is 10.1 Å². The van der Waals surface area contributed by atoms with Gasteiger partial charge in [-0.15, -0.1) is 0 Å². The summed E-state index contributed by atoms with van der Waals surface area (Å²) in [6, 6.07) is 10.5. The second-order valence-corrected chi connectivity index (χ2v) is 7.08. The van der Waals surface area contributed by atoms with Crippen LogP contribution in [0.2, 0.25) is 5.02 Å². The number of nitrogens with one attached hydrogen (secondary N) is 1. The van der Waals surface area contributed by atoms with Gasteiger partial charge in [0.05, 0.1) is 18.7 Å². The van der Waals surface area contributed by atoms with Crippen LogP contribution in [0.5, 0.6) is 0 Å². The molecule has 0 radical (unpaired) electrons. The Morgan fingerprint density at radius 3 is 2.39 bits per heavy atom. The number of benzene rings is 2. The maximum Gasteiger partial charge on any atom is 0.337 e. The molecule has 0 aliphatic carbocycles. The van der Waals surface area contributed by atoms with Crippen molar-refractivity contribution in [2.24, 2.45) is 0 Å². The van der Waals surface area contributed by atoms with Gasteiger partial charge in [-0.3, -0.25) is 9.69 Å². The van der Waals surface area contributed by atoms with Gasteiger partial charge in [0.2, 0.25) is 0 Å². The maximum atomic E-state index is 14.5. The lowest BCUT2D eigenvalue weighted by atomic mass is 10.0.